The molecule has 0 aliphatic rings. The lowest BCUT2D eigenvalue weighted by Gasteiger charge is -2.08. The van der Waals surface area contributed by atoms with E-state index in [1.807, 2.05) is 13.0 Å². The van der Waals surface area contributed by atoms with E-state index in [4.69, 9.17) is 16.3 Å². The summed E-state index contributed by atoms with van der Waals surface area (Å²) >= 11 is 6.02. The van der Waals surface area contributed by atoms with E-state index in [1.165, 1.54) is 19.2 Å². The first-order valence-electron chi connectivity index (χ1n) is 6.23. The zero-order valence-corrected chi connectivity index (χ0v) is 12.4. The Kier molecular flexibility index (Phi) is 4.77. The molecule has 5 nitrogen and oxygen atoms in total. The average Bonchev–Trinajstić information content (AvgIpc) is 2.49. The van der Waals surface area contributed by atoms with Gasteiger partial charge in [-0.3, -0.25) is 0 Å². The van der Waals surface area contributed by atoms with Crippen LogP contribution in [0.1, 0.15) is 11.1 Å². The van der Waals surface area contributed by atoms with Crippen LogP contribution in [0.2, 0.25) is 5.02 Å². The highest BCUT2D eigenvalue weighted by Gasteiger charge is 2.09. The number of aliphatic hydroxyl groups excluding tert-OH is 1. The summed E-state index contributed by atoms with van der Waals surface area (Å²) in [7, 11) is 1.43. The van der Waals surface area contributed by atoms with Gasteiger partial charge in [-0.05, 0) is 30.7 Å². The fourth-order valence-corrected chi connectivity index (χ4v) is 1.92. The smallest absolute Gasteiger partial charge is 0.163 e. The molecule has 0 aliphatic carbocycles. The van der Waals surface area contributed by atoms with Gasteiger partial charge >= 0.3 is 0 Å². The first kappa shape index (κ1) is 15.3. The molecule has 0 fully saturated rings. The van der Waals surface area contributed by atoms with Gasteiger partial charge in [-0.1, -0.05) is 17.7 Å². The number of benzene rings is 2. The van der Waals surface area contributed by atoms with Gasteiger partial charge in [0.15, 0.2) is 11.5 Å². The Morgan fingerprint density at radius 2 is 1.86 bits per heavy atom. The number of azo groups is 1. The maximum absolute atomic E-state index is 9.79. The van der Waals surface area contributed by atoms with Crippen LogP contribution >= 0.6 is 11.6 Å². The van der Waals surface area contributed by atoms with Gasteiger partial charge in [0.1, 0.15) is 0 Å². The summed E-state index contributed by atoms with van der Waals surface area (Å²) in [5, 5.41) is 27.8. The van der Waals surface area contributed by atoms with Crippen molar-refractivity contribution in [3.8, 4) is 11.5 Å². The lowest BCUT2D eigenvalue weighted by molar-refractivity contribution is 0.272. The molecule has 21 heavy (non-hydrogen) atoms. The van der Waals surface area contributed by atoms with Crippen LogP contribution in [0.3, 0.4) is 0 Å². The van der Waals surface area contributed by atoms with Crippen LogP contribution in [-0.2, 0) is 6.61 Å². The molecule has 0 atom stereocenters. The summed E-state index contributed by atoms with van der Waals surface area (Å²) in [6, 6.07) is 8.44. The van der Waals surface area contributed by atoms with Gasteiger partial charge < -0.3 is 14.9 Å². The molecule has 0 saturated heterocycles. The molecule has 0 amide bonds. The Hall–Kier alpha value is -2.11. The van der Waals surface area contributed by atoms with Crippen molar-refractivity contribution in [1.82, 2.24) is 0 Å². The highest BCUT2D eigenvalue weighted by atomic mass is 35.5. The standard InChI is InChI=1S/C15H15ClN2O3/c1-9-3-4-11(6-13(9)16)17-18-12-5-10(8-19)15(20)14(7-12)21-2/h3-7,19-20H,8H2,1-2H3. The van der Waals surface area contributed by atoms with E-state index in [2.05, 4.69) is 10.2 Å². The maximum Gasteiger partial charge on any atom is 0.163 e. The molecule has 2 aromatic carbocycles. The summed E-state index contributed by atoms with van der Waals surface area (Å²) in [6.45, 7) is 1.59. The molecule has 0 unspecified atom stereocenters. The minimum atomic E-state index is -0.318. The second-order valence-corrected chi connectivity index (χ2v) is 4.85. The first-order chi connectivity index (χ1) is 10.0. The third kappa shape index (κ3) is 3.51. The maximum atomic E-state index is 9.79. The Morgan fingerprint density at radius 3 is 2.48 bits per heavy atom. The predicted molar refractivity (Wildman–Crippen MR) is 80.9 cm³/mol. The average molecular weight is 307 g/mol. The highest BCUT2D eigenvalue weighted by Crippen LogP contribution is 2.35. The zero-order chi connectivity index (χ0) is 15.4. The van der Waals surface area contributed by atoms with E-state index in [1.54, 1.807) is 12.1 Å². The van der Waals surface area contributed by atoms with Crippen molar-refractivity contribution in [2.24, 2.45) is 10.2 Å². The van der Waals surface area contributed by atoms with Crippen LogP contribution in [-0.4, -0.2) is 17.3 Å². The largest absolute Gasteiger partial charge is 0.504 e. The number of methoxy groups -OCH3 is 1. The number of hydrogen-bond acceptors (Lipinski definition) is 5. The molecule has 110 valence electrons. The Bertz CT molecular complexity index is 662. The van der Waals surface area contributed by atoms with Crippen LogP contribution in [0, 0.1) is 6.92 Å². The van der Waals surface area contributed by atoms with E-state index >= 15 is 0 Å². The monoisotopic (exact) mass is 306 g/mol. The second kappa shape index (κ2) is 6.56. The van der Waals surface area contributed by atoms with Crippen LogP contribution in [0.15, 0.2) is 40.6 Å². The van der Waals surface area contributed by atoms with Crippen molar-refractivity contribution >= 4 is 23.0 Å². The Morgan fingerprint density at radius 1 is 1.14 bits per heavy atom. The minimum Gasteiger partial charge on any atom is -0.504 e. The third-order valence-corrected chi connectivity index (χ3v) is 3.37. The highest BCUT2D eigenvalue weighted by molar-refractivity contribution is 6.31. The first-order valence-corrected chi connectivity index (χ1v) is 6.61. The number of aliphatic hydroxyl groups is 1. The van der Waals surface area contributed by atoms with E-state index in [-0.39, 0.29) is 18.1 Å². The van der Waals surface area contributed by atoms with Gasteiger partial charge in [0, 0.05) is 16.7 Å². The van der Waals surface area contributed by atoms with Crippen molar-refractivity contribution in [1.29, 1.82) is 0 Å². The predicted octanol–water partition coefficient (Wildman–Crippen LogP) is 4.27. The molecular formula is C15H15ClN2O3. The van der Waals surface area contributed by atoms with Gasteiger partial charge in [0.25, 0.3) is 0 Å². The molecule has 0 bridgehead atoms. The van der Waals surface area contributed by atoms with Crippen LogP contribution < -0.4 is 4.74 Å². The Balaban J connectivity index is 2.34. The molecule has 0 spiro atoms. The number of ether oxygens (including phenoxy) is 1. The van der Waals surface area contributed by atoms with Gasteiger partial charge in [-0.2, -0.15) is 10.2 Å². The van der Waals surface area contributed by atoms with Crippen molar-refractivity contribution in [3.05, 3.63) is 46.5 Å². The van der Waals surface area contributed by atoms with Crippen molar-refractivity contribution in [2.45, 2.75) is 13.5 Å². The minimum absolute atomic E-state index is 0.0997. The molecule has 0 heterocycles. The third-order valence-electron chi connectivity index (χ3n) is 2.97. The molecule has 2 aromatic rings. The van der Waals surface area contributed by atoms with E-state index in [9.17, 15) is 10.2 Å². The topological polar surface area (TPSA) is 74.4 Å². The fraction of sp³-hybridized carbons (Fsp3) is 0.200. The summed E-state index contributed by atoms with van der Waals surface area (Å²) in [6.07, 6.45) is 0. The normalized spacial score (nSPS) is 11.0. The van der Waals surface area contributed by atoms with Crippen LogP contribution in [0.4, 0.5) is 11.4 Å². The summed E-state index contributed by atoms with van der Waals surface area (Å²) in [5.74, 6) is 0.134. The summed E-state index contributed by atoms with van der Waals surface area (Å²) in [4.78, 5) is 0. The molecule has 6 heteroatoms. The molecule has 0 aliphatic heterocycles. The fourth-order valence-electron chi connectivity index (χ4n) is 1.74. The number of rotatable bonds is 4. The molecule has 2 rings (SSSR count). The molecule has 0 saturated carbocycles. The SMILES string of the molecule is COc1cc(N=Nc2ccc(C)c(Cl)c2)cc(CO)c1O. The van der Waals surface area contributed by atoms with Crippen LogP contribution in [0.5, 0.6) is 11.5 Å². The van der Waals surface area contributed by atoms with Gasteiger partial charge in [-0.15, -0.1) is 0 Å². The molecule has 2 N–H and O–H groups in total. The quantitative estimate of drug-likeness (QED) is 0.828. The number of aromatic hydroxyl groups is 1. The van der Waals surface area contributed by atoms with E-state index < -0.39 is 0 Å². The van der Waals surface area contributed by atoms with Crippen LogP contribution in [0.25, 0.3) is 0 Å². The lowest BCUT2D eigenvalue weighted by Crippen LogP contribution is -1.89. The second-order valence-electron chi connectivity index (χ2n) is 4.45. The number of nitrogens with zero attached hydrogens (tertiary/aromatic N) is 2. The molecule has 0 radical (unpaired) electrons. The lowest BCUT2D eigenvalue weighted by atomic mass is 10.1. The number of aryl methyl sites for hydroxylation is 1. The van der Waals surface area contributed by atoms with Gasteiger partial charge in [-0.25, -0.2) is 0 Å². The van der Waals surface area contributed by atoms with Gasteiger partial charge in [0.05, 0.1) is 25.1 Å². The molecule has 0 aromatic heterocycles. The van der Waals surface area contributed by atoms with Crippen molar-refractivity contribution < 1.29 is 14.9 Å². The van der Waals surface area contributed by atoms with Crippen molar-refractivity contribution in [3.63, 3.8) is 0 Å². The van der Waals surface area contributed by atoms with Crippen molar-refractivity contribution in [2.75, 3.05) is 7.11 Å². The zero-order valence-electron chi connectivity index (χ0n) is 11.7. The number of phenols is 1. The Labute approximate surface area is 127 Å². The van der Waals surface area contributed by atoms with E-state index in [0.29, 0.717) is 22.0 Å². The number of halogens is 1. The summed E-state index contributed by atoms with van der Waals surface area (Å²) in [5.41, 5.74) is 2.36. The summed E-state index contributed by atoms with van der Waals surface area (Å²) < 4.78 is 5.03. The van der Waals surface area contributed by atoms with Gasteiger partial charge in [0.2, 0.25) is 0 Å². The molecular weight excluding hydrogens is 292 g/mol. The van der Waals surface area contributed by atoms with E-state index in [0.717, 1.165) is 5.56 Å². The number of hydrogen-bond donors (Lipinski definition) is 2.